The maximum Gasteiger partial charge on any atom is 0.193 e. The zero-order chi connectivity index (χ0) is 16.0. The van der Waals surface area contributed by atoms with Crippen molar-refractivity contribution in [3.05, 3.63) is 18.0 Å². The van der Waals surface area contributed by atoms with Crippen LogP contribution in [0.1, 0.15) is 18.4 Å². The van der Waals surface area contributed by atoms with Crippen molar-refractivity contribution < 1.29 is 4.74 Å². The zero-order valence-corrected chi connectivity index (χ0v) is 14.8. The fraction of sp³-hybridized carbons (Fsp3) is 0.733. The summed E-state index contributed by atoms with van der Waals surface area (Å²) in [7, 11) is 5.82. The van der Waals surface area contributed by atoms with Gasteiger partial charge in [0, 0.05) is 64.0 Å². The van der Waals surface area contributed by atoms with Gasteiger partial charge < -0.3 is 15.0 Å². The summed E-state index contributed by atoms with van der Waals surface area (Å²) in [5.41, 5.74) is 1.18. The van der Waals surface area contributed by atoms with E-state index in [2.05, 4.69) is 33.6 Å². The van der Waals surface area contributed by atoms with E-state index in [1.165, 1.54) is 5.56 Å². The van der Waals surface area contributed by atoms with Gasteiger partial charge in [-0.25, -0.2) is 0 Å². The molecule has 2 heterocycles. The molecular formula is C15H27N5OS. The molecule has 1 fully saturated rings. The lowest BCUT2D eigenvalue weighted by molar-refractivity contribution is 0.0781. The second-order valence-corrected chi connectivity index (χ2v) is 7.05. The molecule has 0 atom stereocenters. The van der Waals surface area contributed by atoms with E-state index in [1.807, 2.05) is 42.9 Å². The average molecular weight is 325 g/mol. The van der Waals surface area contributed by atoms with Gasteiger partial charge in [0.05, 0.1) is 6.20 Å². The van der Waals surface area contributed by atoms with Crippen LogP contribution in [0.25, 0.3) is 0 Å². The highest BCUT2D eigenvalue weighted by Gasteiger charge is 2.32. The molecule has 124 valence electrons. The van der Waals surface area contributed by atoms with Gasteiger partial charge in [-0.3, -0.25) is 9.67 Å². The molecule has 1 aliphatic heterocycles. The third kappa shape index (κ3) is 4.39. The van der Waals surface area contributed by atoms with E-state index in [0.717, 1.165) is 45.1 Å². The predicted octanol–water partition coefficient (Wildman–Crippen LogP) is 1.34. The minimum absolute atomic E-state index is 0.253. The largest absolute Gasteiger partial charge is 0.381 e. The Bertz CT molecular complexity index is 496. The molecule has 1 aromatic heterocycles. The fourth-order valence-electron chi connectivity index (χ4n) is 2.72. The molecule has 22 heavy (non-hydrogen) atoms. The molecule has 0 unspecified atom stereocenters. The number of aliphatic imine (C=N–C) groups is 1. The Morgan fingerprint density at radius 3 is 2.82 bits per heavy atom. The number of thioether (sulfide) groups is 1. The number of nitrogens with zero attached hydrogens (tertiary/aromatic N) is 4. The molecule has 6 nitrogen and oxygen atoms in total. The van der Waals surface area contributed by atoms with Gasteiger partial charge in [-0.1, -0.05) is 0 Å². The molecule has 0 amide bonds. The fourth-order valence-corrected chi connectivity index (χ4v) is 3.52. The van der Waals surface area contributed by atoms with Crippen LogP contribution in [0, 0.1) is 0 Å². The van der Waals surface area contributed by atoms with E-state index < -0.39 is 0 Å². The number of hydrogen-bond acceptors (Lipinski definition) is 4. The Balaban J connectivity index is 1.91. The van der Waals surface area contributed by atoms with E-state index >= 15 is 0 Å². The van der Waals surface area contributed by atoms with E-state index in [4.69, 9.17) is 4.74 Å². The molecule has 7 heteroatoms. The van der Waals surface area contributed by atoms with Crippen LogP contribution in [-0.2, 0) is 18.3 Å². The van der Waals surface area contributed by atoms with Crippen molar-refractivity contribution in [1.82, 2.24) is 20.0 Å². The number of nitrogens with one attached hydrogen (secondary N) is 1. The van der Waals surface area contributed by atoms with Gasteiger partial charge in [-0.15, -0.1) is 0 Å². The van der Waals surface area contributed by atoms with Crippen LogP contribution in [0.15, 0.2) is 17.4 Å². The highest BCUT2D eigenvalue weighted by atomic mass is 32.2. The third-order valence-corrected chi connectivity index (χ3v) is 5.58. The molecule has 0 saturated carbocycles. The highest BCUT2D eigenvalue weighted by Crippen LogP contribution is 2.33. The number of aryl methyl sites for hydroxylation is 1. The standard InChI is InChI=1S/C15H27N5OS/c1-16-14(19(2)10-13-9-18-20(3)11-13)17-12-15(22-4)5-7-21-8-6-15/h9,11H,5-8,10,12H2,1-4H3,(H,16,17). The van der Waals surface area contributed by atoms with Crippen molar-refractivity contribution in [1.29, 1.82) is 0 Å². The number of guanidine groups is 1. The van der Waals surface area contributed by atoms with Gasteiger partial charge in [-0.2, -0.15) is 16.9 Å². The Morgan fingerprint density at radius 2 is 2.27 bits per heavy atom. The summed E-state index contributed by atoms with van der Waals surface area (Å²) in [6.07, 6.45) is 8.29. The van der Waals surface area contributed by atoms with Crippen LogP contribution in [0.2, 0.25) is 0 Å². The van der Waals surface area contributed by atoms with E-state index in [0.29, 0.717) is 0 Å². The van der Waals surface area contributed by atoms with Gasteiger partial charge in [0.1, 0.15) is 0 Å². The first kappa shape index (κ1) is 17.1. The maximum absolute atomic E-state index is 5.50. The minimum Gasteiger partial charge on any atom is -0.381 e. The molecule has 1 aromatic rings. The lowest BCUT2D eigenvalue weighted by Gasteiger charge is -2.36. The molecule has 0 radical (unpaired) electrons. The van der Waals surface area contributed by atoms with Crippen molar-refractivity contribution >= 4 is 17.7 Å². The minimum atomic E-state index is 0.253. The molecule has 0 spiro atoms. The normalized spacial score (nSPS) is 18.3. The van der Waals surface area contributed by atoms with E-state index in [1.54, 1.807) is 0 Å². The first-order valence-corrected chi connectivity index (χ1v) is 8.83. The molecule has 0 aliphatic carbocycles. The van der Waals surface area contributed by atoms with Crippen LogP contribution < -0.4 is 5.32 Å². The predicted molar refractivity (Wildman–Crippen MR) is 92.3 cm³/mol. The van der Waals surface area contributed by atoms with Crippen molar-refractivity contribution in [3.63, 3.8) is 0 Å². The van der Waals surface area contributed by atoms with Gasteiger partial charge >= 0.3 is 0 Å². The Hall–Kier alpha value is -1.21. The third-order valence-electron chi connectivity index (χ3n) is 4.16. The lowest BCUT2D eigenvalue weighted by Crippen LogP contribution is -2.48. The van der Waals surface area contributed by atoms with Crippen molar-refractivity contribution in [2.24, 2.45) is 12.0 Å². The monoisotopic (exact) mass is 325 g/mol. The quantitative estimate of drug-likeness (QED) is 0.654. The topological polar surface area (TPSA) is 54.7 Å². The molecule has 0 bridgehead atoms. The summed E-state index contributed by atoms with van der Waals surface area (Å²) in [4.78, 5) is 6.53. The Labute approximate surface area is 137 Å². The summed E-state index contributed by atoms with van der Waals surface area (Å²) < 4.78 is 7.57. The molecule has 1 aliphatic rings. The molecule has 2 rings (SSSR count). The zero-order valence-electron chi connectivity index (χ0n) is 14.0. The summed E-state index contributed by atoms with van der Waals surface area (Å²) in [6, 6.07) is 0. The highest BCUT2D eigenvalue weighted by molar-refractivity contribution is 8.00. The average Bonchev–Trinajstić information content (AvgIpc) is 2.94. The van der Waals surface area contributed by atoms with E-state index in [9.17, 15) is 0 Å². The first-order valence-electron chi connectivity index (χ1n) is 7.61. The van der Waals surface area contributed by atoms with Crippen LogP contribution in [-0.4, -0.2) is 65.5 Å². The van der Waals surface area contributed by atoms with Gasteiger partial charge in [-0.05, 0) is 19.1 Å². The van der Waals surface area contributed by atoms with Crippen LogP contribution in [0.3, 0.4) is 0 Å². The second kappa shape index (κ2) is 7.87. The Kier molecular flexibility index (Phi) is 6.14. The number of rotatable bonds is 5. The van der Waals surface area contributed by atoms with E-state index in [-0.39, 0.29) is 4.75 Å². The summed E-state index contributed by atoms with van der Waals surface area (Å²) in [5, 5.41) is 7.74. The first-order chi connectivity index (χ1) is 10.6. The SMILES string of the molecule is CN=C(NCC1(SC)CCOCC1)N(C)Cc1cnn(C)c1. The van der Waals surface area contributed by atoms with Crippen molar-refractivity contribution in [3.8, 4) is 0 Å². The van der Waals surface area contributed by atoms with Crippen molar-refractivity contribution in [2.75, 3.05) is 40.1 Å². The van der Waals surface area contributed by atoms with Crippen LogP contribution in [0.5, 0.6) is 0 Å². The molecule has 1 saturated heterocycles. The summed E-state index contributed by atoms with van der Waals surface area (Å²) in [6.45, 7) is 3.42. The number of hydrogen-bond donors (Lipinski definition) is 1. The maximum atomic E-state index is 5.50. The van der Waals surface area contributed by atoms with Gasteiger partial charge in [0.15, 0.2) is 5.96 Å². The summed E-state index contributed by atoms with van der Waals surface area (Å²) >= 11 is 1.94. The number of aromatic nitrogens is 2. The molecular weight excluding hydrogens is 298 g/mol. The summed E-state index contributed by atoms with van der Waals surface area (Å²) in [5.74, 6) is 0.920. The van der Waals surface area contributed by atoms with Crippen LogP contribution in [0.4, 0.5) is 0 Å². The Morgan fingerprint density at radius 1 is 1.55 bits per heavy atom. The van der Waals surface area contributed by atoms with Gasteiger partial charge in [0.2, 0.25) is 0 Å². The second-order valence-electron chi connectivity index (χ2n) is 5.78. The number of ether oxygens (including phenoxy) is 1. The smallest absolute Gasteiger partial charge is 0.193 e. The molecule has 1 N–H and O–H groups in total. The van der Waals surface area contributed by atoms with Crippen LogP contribution >= 0.6 is 11.8 Å². The molecule has 0 aromatic carbocycles. The van der Waals surface area contributed by atoms with Crippen molar-refractivity contribution in [2.45, 2.75) is 24.1 Å². The lowest BCUT2D eigenvalue weighted by atomic mass is 9.99. The van der Waals surface area contributed by atoms with Gasteiger partial charge in [0.25, 0.3) is 0 Å².